The molecule has 1 aliphatic rings. The van der Waals surface area contributed by atoms with Crippen molar-refractivity contribution in [3.8, 4) is 5.75 Å². The molecule has 2 heterocycles. The molecule has 1 aromatic heterocycles. The van der Waals surface area contributed by atoms with Crippen LogP contribution in [0.25, 0.3) is 11.3 Å². The van der Waals surface area contributed by atoms with Gasteiger partial charge in [0.25, 0.3) is 0 Å². The van der Waals surface area contributed by atoms with Gasteiger partial charge in [0.05, 0.1) is 17.8 Å². The van der Waals surface area contributed by atoms with Gasteiger partial charge in [-0.25, -0.2) is 4.39 Å². The first-order chi connectivity index (χ1) is 15.5. The van der Waals surface area contributed by atoms with Gasteiger partial charge in [-0.05, 0) is 41.3 Å². The number of amidine groups is 1. The second kappa shape index (κ2) is 9.64. The van der Waals surface area contributed by atoms with Crippen LogP contribution in [0.1, 0.15) is 42.0 Å². The summed E-state index contributed by atoms with van der Waals surface area (Å²) in [6, 6.07) is 16.7. The number of nitrogens with zero attached hydrogens (tertiary/aromatic N) is 2. The van der Waals surface area contributed by atoms with Crippen LogP contribution >= 0.6 is 0 Å². The number of aliphatic imine (C=N–C) groups is 1. The summed E-state index contributed by atoms with van der Waals surface area (Å²) < 4.78 is 21.1. The number of nitrogens with one attached hydrogen (secondary N) is 1. The standard InChI is InChI=1S/C26H27FN4O/c1-17(2)19-5-3-18(4-6-19)16-32-21-7-8-22(23(27)15-21)24(26-30-13-14-31-26)25(28)20-9-11-29-12-10-20/h3-12,15,17H,13-14,16,28H2,1-2H3,(H,30,31). The summed E-state index contributed by atoms with van der Waals surface area (Å²) in [5.41, 5.74) is 10.9. The first kappa shape index (κ1) is 21.6. The van der Waals surface area contributed by atoms with E-state index in [1.54, 1.807) is 36.7 Å². The Balaban J connectivity index is 1.59. The van der Waals surface area contributed by atoms with E-state index in [4.69, 9.17) is 10.5 Å². The van der Waals surface area contributed by atoms with Gasteiger partial charge < -0.3 is 15.8 Å². The van der Waals surface area contributed by atoms with Crippen molar-refractivity contribution < 1.29 is 9.13 Å². The summed E-state index contributed by atoms with van der Waals surface area (Å²) >= 11 is 0. The van der Waals surface area contributed by atoms with Gasteiger partial charge in [0, 0.05) is 36.1 Å². The first-order valence-corrected chi connectivity index (χ1v) is 10.7. The molecule has 0 aliphatic carbocycles. The Hall–Kier alpha value is -3.67. The Morgan fingerprint density at radius 2 is 1.84 bits per heavy atom. The molecule has 3 aromatic rings. The fourth-order valence-electron chi connectivity index (χ4n) is 3.60. The maximum Gasteiger partial charge on any atom is 0.134 e. The van der Waals surface area contributed by atoms with E-state index in [-0.39, 0.29) is 0 Å². The molecule has 164 valence electrons. The van der Waals surface area contributed by atoms with Crippen LogP contribution in [0.5, 0.6) is 5.75 Å². The van der Waals surface area contributed by atoms with Crippen molar-refractivity contribution in [3.05, 3.63) is 95.1 Å². The third-order valence-corrected chi connectivity index (χ3v) is 5.43. The van der Waals surface area contributed by atoms with Crippen molar-refractivity contribution in [2.24, 2.45) is 10.7 Å². The average molecular weight is 431 g/mol. The van der Waals surface area contributed by atoms with Crippen molar-refractivity contribution in [2.75, 3.05) is 13.1 Å². The minimum absolute atomic E-state index is 0.368. The highest BCUT2D eigenvalue weighted by atomic mass is 19.1. The minimum Gasteiger partial charge on any atom is -0.489 e. The molecule has 6 heteroatoms. The Morgan fingerprint density at radius 3 is 2.47 bits per heavy atom. The van der Waals surface area contributed by atoms with E-state index in [0.29, 0.717) is 54.0 Å². The molecule has 0 saturated carbocycles. The van der Waals surface area contributed by atoms with E-state index in [0.717, 1.165) is 11.1 Å². The van der Waals surface area contributed by atoms with E-state index in [1.807, 2.05) is 12.1 Å². The molecule has 1 aliphatic heterocycles. The molecule has 32 heavy (non-hydrogen) atoms. The number of ether oxygens (including phenoxy) is 1. The topological polar surface area (TPSA) is 72.5 Å². The lowest BCUT2D eigenvalue weighted by atomic mass is 9.98. The molecule has 0 bridgehead atoms. The van der Waals surface area contributed by atoms with Gasteiger partial charge in [-0.1, -0.05) is 38.1 Å². The summed E-state index contributed by atoms with van der Waals surface area (Å²) in [6.45, 7) is 6.01. The summed E-state index contributed by atoms with van der Waals surface area (Å²) in [6.07, 6.45) is 3.31. The summed E-state index contributed by atoms with van der Waals surface area (Å²) in [5.74, 6) is 1.12. The Labute approximate surface area is 187 Å². The third-order valence-electron chi connectivity index (χ3n) is 5.43. The van der Waals surface area contributed by atoms with Gasteiger partial charge in [-0.15, -0.1) is 0 Å². The fraction of sp³-hybridized carbons (Fsp3) is 0.231. The summed E-state index contributed by atoms with van der Waals surface area (Å²) in [7, 11) is 0. The predicted molar refractivity (Wildman–Crippen MR) is 127 cm³/mol. The zero-order chi connectivity index (χ0) is 22.5. The van der Waals surface area contributed by atoms with Crippen molar-refractivity contribution in [3.63, 3.8) is 0 Å². The average Bonchev–Trinajstić information content (AvgIpc) is 3.34. The minimum atomic E-state index is -0.416. The molecule has 0 saturated heterocycles. The van der Waals surface area contributed by atoms with E-state index in [2.05, 4.69) is 41.3 Å². The maximum atomic E-state index is 15.2. The van der Waals surface area contributed by atoms with Crippen LogP contribution in [0.4, 0.5) is 4.39 Å². The second-order valence-corrected chi connectivity index (χ2v) is 8.01. The Bertz CT molecular complexity index is 1140. The molecule has 0 spiro atoms. The van der Waals surface area contributed by atoms with Gasteiger partial charge in [-0.2, -0.15) is 0 Å². The van der Waals surface area contributed by atoms with Crippen molar-refractivity contribution in [1.82, 2.24) is 10.3 Å². The first-order valence-electron chi connectivity index (χ1n) is 10.7. The number of benzene rings is 2. The highest BCUT2D eigenvalue weighted by Gasteiger charge is 2.21. The molecule has 0 radical (unpaired) electrons. The number of nitrogens with two attached hydrogens (primary N) is 1. The normalized spacial score (nSPS) is 14.1. The molecule has 0 fully saturated rings. The number of rotatable bonds is 7. The van der Waals surface area contributed by atoms with E-state index < -0.39 is 5.82 Å². The number of pyridine rings is 1. The van der Waals surface area contributed by atoms with Crippen LogP contribution in [-0.2, 0) is 6.61 Å². The zero-order valence-electron chi connectivity index (χ0n) is 18.3. The molecule has 0 unspecified atom stereocenters. The molecular weight excluding hydrogens is 403 g/mol. The smallest absolute Gasteiger partial charge is 0.134 e. The van der Waals surface area contributed by atoms with E-state index >= 15 is 4.39 Å². The van der Waals surface area contributed by atoms with Gasteiger partial charge in [0.1, 0.15) is 24.0 Å². The van der Waals surface area contributed by atoms with Crippen LogP contribution in [0.2, 0.25) is 0 Å². The molecule has 0 amide bonds. The highest BCUT2D eigenvalue weighted by molar-refractivity contribution is 6.29. The van der Waals surface area contributed by atoms with E-state index in [1.165, 1.54) is 11.6 Å². The SMILES string of the molecule is CC(C)c1ccc(COc2ccc(C(C3=NCCN3)=C(N)c3ccncc3)c(F)c2)cc1. The van der Waals surface area contributed by atoms with Crippen LogP contribution in [-0.4, -0.2) is 23.9 Å². The summed E-state index contributed by atoms with van der Waals surface area (Å²) in [4.78, 5) is 8.50. The molecule has 3 N–H and O–H groups in total. The molecular formula is C26H27FN4O. The number of aromatic nitrogens is 1. The monoisotopic (exact) mass is 430 g/mol. The molecule has 2 aromatic carbocycles. The maximum absolute atomic E-state index is 15.2. The highest BCUT2D eigenvalue weighted by Crippen LogP contribution is 2.29. The Morgan fingerprint density at radius 1 is 1.09 bits per heavy atom. The van der Waals surface area contributed by atoms with Crippen molar-refractivity contribution in [2.45, 2.75) is 26.4 Å². The lowest BCUT2D eigenvalue weighted by Crippen LogP contribution is -2.23. The number of halogens is 1. The second-order valence-electron chi connectivity index (χ2n) is 8.01. The van der Waals surface area contributed by atoms with E-state index in [9.17, 15) is 0 Å². The molecule has 5 nitrogen and oxygen atoms in total. The lowest BCUT2D eigenvalue weighted by molar-refractivity contribution is 0.304. The van der Waals surface area contributed by atoms with Crippen molar-refractivity contribution >= 4 is 17.1 Å². The number of hydrogen-bond acceptors (Lipinski definition) is 5. The quantitative estimate of drug-likeness (QED) is 0.567. The van der Waals surface area contributed by atoms with Crippen LogP contribution in [0.15, 0.2) is 72.0 Å². The van der Waals surface area contributed by atoms with Crippen LogP contribution in [0, 0.1) is 5.82 Å². The third kappa shape index (κ3) is 4.80. The molecule has 0 atom stereocenters. The van der Waals surface area contributed by atoms with Crippen LogP contribution < -0.4 is 15.8 Å². The lowest BCUT2D eigenvalue weighted by Gasteiger charge is -2.15. The molecule has 4 rings (SSSR count). The van der Waals surface area contributed by atoms with Gasteiger partial charge in [0.2, 0.25) is 0 Å². The predicted octanol–water partition coefficient (Wildman–Crippen LogP) is 4.75. The fourth-order valence-corrected chi connectivity index (χ4v) is 3.60. The Kier molecular flexibility index (Phi) is 6.50. The largest absolute Gasteiger partial charge is 0.489 e. The van der Waals surface area contributed by atoms with Gasteiger partial charge in [0.15, 0.2) is 0 Å². The summed E-state index contributed by atoms with van der Waals surface area (Å²) in [5, 5.41) is 3.21. The van der Waals surface area contributed by atoms with Crippen LogP contribution in [0.3, 0.4) is 0 Å². The van der Waals surface area contributed by atoms with Crippen molar-refractivity contribution in [1.29, 1.82) is 0 Å². The zero-order valence-corrected chi connectivity index (χ0v) is 18.3. The number of hydrogen-bond donors (Lipinski definition) is 2. The van der Waals surface area contributed by atoms with Gasteiger partial charge >= 0.3 is 0 Å². The van der Waals surface area contributed by atoms with Gasteiger partial charge in [-0.3, -0.25) is 9.98 Å².